The van der Waals surface area contributed by atoms with Crippen molar-refractivity contribution in [1.82, 2.24) is 0 Å². The monoisotopic (exact) mass is 554 g/mol. The second-order valence-corrected chi connectivity index (χ2v) is 11.9. The van der Waals surface area contributed by atoms with Gasteiger partial charge in [-0.15, -0.1) is 22.7 Å². The largest absolute Gasteiger partial charge is 0.128 e. The third-order valence-corrected chi connectivity index (χ3v) is 8.85. The molecule has 30 heavy (non-hydrogen) atoms. The molecule has 0 spiro atoms. The van der Waals surface area contributed by atoms with Crippen molar-refractivity contribution >= 4 is 66.7 Å². The second-order valence-electron chi connectivity index (χ2n) is 7.11. The smallest absolute Gasteiger partial charge is 0.0783 e. The molecule has 0 aliphatic rings. The van der Waals surface area contributed by atoms with Crippen molar-refractivity contribution in [1.29, 1.82) is 0 Å². The molecule has 150 valence electrons. The number of thiophene rings is 2. The fourth-order valence-electron chi connectivity index (χ4n) is 3.75. The van der Waals surface area contributed by atoms with Gasteiger partial charge in [-0.1, -0.05) is 55.6 Å². The maximum atomic E-state index is 3.94. The van der Waals surface area contributed by atoms with Crippen LogP contribution in [0.15, 0.2) is 69.3 Å². The van der Waals surface area contributed by atoms with Gasteiger partial charge in [0.2, 0.25) is 0 Å². The topological polar surface area (TPSA) is 0 Å². The summed E-state index contributed by atoms with van der Waals surface area (Å²) in [4.78, 5) is 2.32. The van der Waals surface area contributed by atoms with E-state index >= 15 is 0 Å². The van der Waals surface area contributed by atoms with E-state index in [0.29, 0.717) is 0 Å². The Morgan fingerprint density at radius 3 is 1.83 bits per heavy atom. The minimum absolute atomic E-state index is 1.13. The molecule has 0 saturated heterocycles. The molecule has 4 heteroatoms. The Labute approximate surface area is 202 Å². The van der Waals surface area contributed by atoms with Crippen molar-refractivity contribution in [2.24, 2.45) is 0 Å². The third kappa shape index (κ3) is 3.94. The molecule has 4 aromatic rings. The molecule has 2 heterocycles. The molecule has 0 aliphatic heterocycles. The van der Waals surface area contributed by atoms with Gasteiger partial charge >= 0.3 is 0 Å². The molecule has 4 rings (SSSR count). The zero-order valence-corrected chi connectivity index (χ0v) is 21.6. The van der Waals surface area contributed by atoms with Gasteiger partial charge in [-0.05, 0) is 97.3 Å². The van der Waals surface area contributed by atoms with Crippen LogP contribution in [-0.2, 0) is 0 Å². The molecule has 0 N–H and O–H groups in total. The first-order valence-corrected chi connectivity index (χ1v) is 12.7. The summed E-state index contributed by atoms with van der Waals surface area (Å²) in [6.45, 7) is 12.2. The summed E-state index contributed by atoms with van der Waals surface area (Å²) in [7, 11) is 0. The SMILES string of the molecule is C=Cc1cc(-c2ccc(-c3cc(C=C)sc3Br)c(-c3c(C)cccc3C)c2)c(Br)s1. The van der Waals surface area contributed by atoms with Crippen LogP contribution in [0.3, 0.4) is 0 Å². The maximum Gasteiger partial charge on any atom is 0.0783 e. The van der Waals surface area contributed by atoms with Crippen LogP contribution in [0.1, 0.15) is 20.9 Å². The Kier molecular flexibility index (Phi) is 6.31. The van der Waals surface area contributed by atoms with E-state index in [-0.39, 0.29) is 0 Å². The predicted molar refractivity (Wildman–Crippen MR) is 144 cm³/mol. The van der Waals surface area contributed by atoms with Crippen molar-refractivity contribution in [3.8, 4) is 33.4 Å². The molecule has 0 amide bonds. The fourth-order valence-corrected chi connectivity index (χ4v) is 7.04. The minimum Gasteiger partial charge on any atom is -0.128 e. The van der Waals surface area contributed by atoms with E-state index in [2.05, 4.69) is 107 Å². The summed E-state index contributed by atoms with van der Waals surface area (Å²) >= 11 is 10.9. The zero-order valence-electron chi connectivity index (χ0n) is 16.8. The van der Waals surface area contributed by atoms with E-state index in [4.69, 9.17) is 0 Å². The van der Waals surface area contributed by atoms with E-state index in [1.807, 2.05) is 12.2 Å². The van der Waals surface area contributed by atoms with Gasteiger partial charge in [0.05, 0.1) is 7.57 Å². The quantitative estimate of drug-likeness (QED) is 0.230. The van der Waals surface area contributed by atoms with Crippen LogP contribution in [0.25, 0.3) is 45.5 Å². The van der Waals surface area contributed by atoms with Crippen LogP contribution in [0.5, 0.6) is 0 Å². The second kappa shape index (κ2) is 8.80. The molecule has 0 saturated carbocycles. The first-order valence-electron chi connectivity index (χ1n) is 9.48. The molecule has 0 atom stereocenters. The summed E-state index contributed by atoms with van der Waals surface area (Å²) < 4.78 is 2.26. The predicted octanol–water partition coefficient (Wildman–Crippen LogP) is 10.2. The Morgan fingerprint density at radius 1 is 0.700 bits per heavy atom. The van der Waals surface area contributed by atoms with Crippen LogP contribution < -0.4 is 0 Å². The molecule has 0 bridgehead atoms. The number of benzene rings is 2. The summed E-state index contributed by atoms with van der Waals surface area (Å²) in [6, 6.07) is 17.7. The van der Waals surface area contributed by atoms with Crippen molar-refractivity contribution in [3.05, 3.63) is 90.1 Å². The van der Waals surface area contributed by atoms with Crippen LogP contribution in [0.4, 0.5) is 0 Å². The molecule has 0 radical (unpaired) electrons. The van der Waals surface area contributed by atoms with Gasteiger partial charge in [-0.3, -0.25) is 0 Å². The summed E-state index contributed by atoms with van der Waals surface area (Å²) in [5, 5.41) is 0. The summed E-state index contributed by atoms with van der Waals surface area (Å²) in [6.07, 6.45) is 3.81. The fraction of sp³-hybridized carbons (Fsp3) is 0.0769. The van der Waals surface area contributed by atoms with Crippen LogP contribution >= 0.6 is 54.5 Å². The Balaban J connectivity index is 2.01. The first-order chi connectivity index (χ1) is 14.4. The molecular formula is C26H20Br2S2. The highest BCUT2D eigenvalue weighted by atomic mass is 79.9. The molecular weight excluding hydrogens is 536 g/mol. The third-order valence-electron chi connectivity index (χ3n) is 5.19. The van der Waals surface area contributed by atoms with Crippen LogP contribution in [-0.4, -0.2) is 0 Å². The highest BCUT2D eigenvalue weighted by Crippen LogP contribution is 2.45. The van der Waals surface area contributed by atoms with Gasteiger partial charge in [0.1, 0.15) is 0 Å². The zero-order chi connectivity index (χ0) is 21.4. The van der Waals surface area contributed by atoms with Gasteiger partial charge in [0.15, 0.2) is 0 Å². The van der Waals surface area contributed by atoms with Gasteiger partial charge in [-0.25, -0.2) is 0 Å². The van der Waals surface area contributed by atoms with Crippen molar-refractivity contribution in [3.63, 3.8) is 0 Å². The van der Waals surface area contributed by atoms with Gasteiger partial charge < -0.3 is 0 Å². The number of rotatable bonds is 5. The molecule has 2 aromatic carbocycles. The maximum absolute atomic E-state index is 3.94. The number of halogens is 2. The number of hydrogen-bond donors (Lipinski definition) is 0. The van der Waals surface area contributed by atoms with Gasteiger partial charge in [0.25, 0.3) is 0 Å². The highest BCUT2D eigenvalue weighted by Gasteiger charge is 2.18. The Morgan fingerprint density at radius 2 is 1.27 bits per heavy atom. The van der Waals surface area contributed by atoms with Crippen LogP contribution in [0, 0.1) is 13.8 Å². The lowest BCUT2D eigenvalue weighted by atomic mass is 9.88. The lowest BCUT2D eigenvalue weighted by Crippen LogP contribution is -1.92. The number of aryl methyl sites for hydroxylation is 2. The molecule has 0 fully saturated rings. The van der Waals surface area contributed by atoms with E-state index < -0.39 is 0 Å². The van der Waals surface area contributed by atoms with Crippen molar-refractivity contribution in [2.75, 3.05) is 0 Å². The standard InChI is InChI=1S/C26H20Br2S2/c1-5-18-13-21(25(27)29-18)17-10-11-20(23-14-19(6-2)30-26(23)28)22(12-17)24-15(3)8-7-9-16(24)4/h5-14H,1-2H2,3-4H3. The normalized spacial score (nSPS) is 10.9. The molecule has 0 unspecified atom stereocenters. The minimum atomic E-state index is 1.13. The Bertz CT molecular complexity index is 1250. The first kappa shape index (κ1) is 21.5. The van der Waals surface area contributed by atoms with Gasteiger partial charge in [-0.2, -0.15) is 0 Å². The van der Waals surface area contributed by atoms with Crippen LogP contribution in [0.2, 0.25) is 0 Å². The summed E-state index contributed by atoms with van der Waals surface area (Å²) in [5.41, 5.74) is 9.92. The average Bonchev–Trinajstić information content (AvgIpc) is 3.30. The van der Waals surface area contributed by atoms with E-state index in [9.17, 15) is 0 Å². The lowest BCUT2D eigenvalue weighted by molar-refractivity contribution is 1.38. The molecule has 0 aliphatic carbocycles. The molecule has 0 nitrogen and oxygen atoms in total. The number of hydrogen-bond acceptors (Lipinski definition) is 2. The van der Waals surface area contributed by atoms with Gasteiger partial charge in [0, 0.05) is 20.9 Å². The average molecular weight is 556 g/mol. The van der Waals surface area contributed by atoms with Crippen molar-refractivity contribution < 1.29 is 0 Å². The molecule has 2 aromatic heterocycles. The van der Waals surface area contributed by atoms with E-state index in [0.717, 1.165) is 17.3 Å². The highest BCUT2D eigenvalue weighted by molar-refractivity contribution is 9.11. The Hall–Kier alpha value is -1.72. The van der Waals surface area contributed by atoms with E-state index in [1.54, 1.807) is 22.7 Å². The lowest BCUT2D eigenvalue weighted by Gasteiger charge is -2.16. The van der Waals surface area contributed by atoms with Crippen molar-refractivity contribution in [2.45, 2.75) is 13.8 Å². The summed E-state index contributed by atoms with van der Waals surface area (Å²) in [5.74, 6) is 0. The van der Waals surface area contributed by atoms with E-state index in [1.165, 1.54) is 44.5 Å².